The molecule has 3 N–H and O–H groups in total. The van der Waals surface area contributed by atoms with Crippen LogP contribution in [0.15, 0.2) is 29.2 Å². The fourth-order valence-electron chi connectivity index (χ4n) is 1.70. The molecule has 0 unspecified atom stereocenters. The van der Waals surface area contributed by atoms with Gasteiger partial charge in [0.05, 0.1) is 10.6 Å². The number of hydrogen-bond acceptors (Lipinski definition) is 4. The summed E-state index contributed by atoms with van der Waals surface area (Å²) >= 11 is 1.68. The first-order valence-electron chi connectivity index (χ1n) is 6.72. The average molecular weight is 314 g/mol. The zero-order chi connectivity index (χ0) is 15.0. The van der Waals surface area contributed by atoms with E-state index in [-0.39, 0.29) is 16.5 Å². The van der Waals surface area contributed by atoms with Crippen molar-refractivity contribution in [2.75, 3.05) is 17.3 Å². The van der Waals surface area contributed by atoms with Crippen LogP contribution in [0.5, 0.6) is 0 Å². The maximum absolute atomic E-state index is 12.2. The van der Waals surface area contributed by atoms with Crippen molar-refractivity contribution in [1.82, 2.24) is 0 Å². The van der Waals surface area contributed by atoms with E-state index in [1.54, 1.807) is 30.0 Å². The lowest BCUT2D eigenvalue weighted by atomic mass is 10.2. The van der Waals surface area contributed by atoms with E-state index in [2.05, 4.69) is 6.92 Å². The normalized spacial score (nSPS) is 11.4. The number of unbranched alkanes of at least 4 members (excludes halogenated alkanes) is 2. The maximum Gasteiger partial charge on any atom is 0.179 e. The number of hydrogen-bond donors (Lipinski definition) is 2. The molecule has 112 valence electrons. The van der Waals surface area contributed by atoms with Crippen molar-refractivity contribution in [2.45, 2.75) is 31.1 Å². The predicted octanol–water partition coefficient (Wildman–Crippen LogP) is 2.67. The SMILES string of the molecule is CCCCCSCCS(=O)(=O)c1cccc(C(=N)N)c1. The minimum Gasteiger partial charge on any atom is -0.384 e. The summed E-state index contributed by atoms with van der Waals surface area (Å²) in [6.45, 7) is 2.15. The van der Waals surface area contributed by atoms with Gasteiger partial charge in [-0.3, -0.25) is 5.41 Å². The van der Waals surface area contributed by atoms with Crippen molar-refractivity contribution < 1.29 is 8.42 Å². The lowest BCUT2D eigenvalue weighted by Crippen LogP contribution is -2.14. The number of rotatable bonds is 9. The topological polar surface area (TPSA) is 84.0 Å². The summed E-state index contributed by atoms with van der Waals surface area (Å²) in [6, 6.07) is 6.29. The Morgan fingerprint density at radius 3 is 2.70 bits per heavy atom. The molecule has 20 heavy (non-hydrogen) atoms. The van der Waals surface area contributed by atoms with Gasteiger partial charge in [0.2, 0.25) is 0 Å². The van der Waals surface area contributed by atoms with E-state index in [9.17, 15) is 8.42 Å². The molecule has 4 nitrogen and oxygen atoms in total. The Labute approximate surface area is 125 Å². The van der Waals surface area contributed by atoms with Crippen LogP contribution in [-0.4, -0.2) is 31.5 Å². The number of nitrogens with two attached hydrogens (primary N) is 1. The molecule has 0 bridgehead atoms. The molecule has 0 saturated carbocycles. The van der Waals surface area contributed by atoms with E-state index in [1.165, 1.54) is 18.9 Å². The summed E-state index contributed by atoms with van der Waals surface area (Å²) in [7, 11) is -3.28. The van der Waals surface area contributed by atoms with Crippen LogP contribution < -0.4 is 5.73 Å². The molecule has 0 amide bonds. The second-order valence-electron chi connectivity index (χ2n) is 4.58. The van der Waals surface area contributed by atoms with E-state index < -0.39 is 9.84 Å². The molecule has 0 aliphatic rings. The first-order valence-corrected chi connectivity index (χ1v) is 9.53. The van der Waals surface area contributed by atoms with Crippen LogP contribution in [0.3, 0.4) is 0 Å². The Morgan fingerprint density at radius 1 is 1.30 bits per heavy atom. The molecule has 0 radical (unpaired) electrons. The van der Waals surface area contributed by atoms with Gasteiger partial charge < -0.3 is 5.73 Å². The van der Waals surface area contributed by atoms with Crippen molar-refractivity contribution in [3.05, 3.63) is 29.8 Å². The van der Waals surface area contributed by atoms with Crippen molar-refractivity contribution >= 4 is 27.4 Å². The molecule has 0 spiro atoms. The molecule has 0 atom stereocenters. The average Bonchev–Trinajstić information content (AvgIpc) is 2.43. The molecular weight excluding hydrogens is 292 g/mol. The van der Waals surface area contributed by atoms with Crippen molar-refractivity contribution in [1.29, 1.82) is 5.41 Å². The van der Waals surface area contributed by atoms with Gasteiger partial charge in [0.15, 0.2) is 9.84 Å². The highest BCUT2D eigenvalue weighted by Crippen LogP contribution is 2.15. The predicted molar refractivity (Wildman–Crippen MR) is 86.4 cm³/mol. The quantitative estimate of drug-likeness (QED) is 0.417. The second kappa shape index (κ2) is 8.32. The fraction of sp³-hybridized carbons (Fsp3) is 0.500. The molecule has 1 rings (SSSR count). The summed E-state index contributed by atoms with van der Waals surface area (Å²) in [6.07, 6.45) is 3.51. The van der Waals surface area contributed by atoms with Gasteiger partial charge in [0, 0.05) is 11.3 Å². The lowest BCUT2D eigenvalue weighted by Gasteiger charge is -2.06. The summed E-state index contributed by atoms with van der Waals surface area (Å²) in [5.74, 6) is 1.63. The third-order valence-corrected chi connectivity index (χ3v) is 5.94. The Balaban J connectivity index is 2.56. The van der Waals surface area contributed by atoms with E-state index >= 15 is 0 Å². The number of sulfone groups is 1. The summed E-state index contributed by atoms with van der Waals surface area (Å²) in [4.78, 5) is 0.249. The number of amidine groups is 1. The van der Waals surface area contributed by atoms with E-state index in [4.69, 9.17) is 11.1 Å². The van der Waals surface area contributed by atoms with E-state index in [1.807, 2.05) is 0 Å². The summed E-state index contributed by atoms with van der Waals surface area (Å²) < 4.78 is 24.3. The van der Waals surface area contributed by atoms with Gasteiger partial charge >= 0.3 is 0 Å². The van der Waals surface area contributed by atoms with Crippen molar-refractivity contribution in [3.8, 4) is 0 Å². The molecule has 1 aromatic rings. The fourth-order valence-corrected chi connectivity index (χ4v) is 4.49. The molecular formula is C14H22N2O2S2. The molecule has 0 heterocycles. The Kier molecular flexibility index (Phi) is 7.09. The Morgan fingerprint density at radius 2 is 2.05 bits per heavy atom. The second-order valence-corrected chi connectivity index (χ2v) is 7.91. The largest absolute Gasteiger partial charge is 0.384 e. The van der Waals surface area contributed by atoms with E-state index in [0.717, 1.165) is 12.2 Å². The third kappa shape index (κ3) is 5.54. The first kappa shape index (κ1) is 17.0. The van der Waals surface area contributed by atoms with Gasteiger partial charge in [-0.2, -0.15) is 11.8 Å². The first-order chi connectivity index (χ1) is 9.47. The standard InChI is InChI=1S/C14H22N2O2S2/c1-2-3-4-8-19-9-10-20(17,18)13-7-5-6-12(11-13)14(15)16/h5-7,11H,2-4,8-10H2,1H3,(H3,15,16). The van der Waals surface area contributed by atoms with Crippen molar-refractivity contribution in [2.24, 2.45) is 5.73 Å². The van der Waals surface area contributed by atoms with Gasteiger partial charge in [0.25, 0.3) is 0 Å². The van der Waals surface area contributed by atoms with Crippen LogP contribution in [-0.2, 0) is 9.84 Å². The Bertz CT molecular complexity index is 542. The molecule has 1 aromatic carbocycles. The van der Waals surface area contributed by atoms with Gasteiger partial charge in [-0.25, -0.2) is 8.42 Å². The van der Waals surface area contributed by atoms with Crippen LogP contribution in [0.4, 0.5) is 0 Å². The molecule has 6 heteroatoms. The van der Waals surface area contributed by atoms with Crippen LogP contribution in [0.2, 0.25) is 0 Å². The monoisotopic (exact) mass is 314 g/mol. The minimum atomic E-state index is -3.28. The Hall–Kier alpha value is -1.01. The van der Waals surface area contributed by atoms with Crippen LogP contribution in [0.25, 0.3) is 0 Å². The summed E-state index contributed by atoms with van der Waals surface area (Å²) in [5.41, 5.74) is 5.82. The van der Waals surface area contributed by atoms with Crippen LogP contribution >= 0.6 is 11.8 Å². The van der Waals surface area contributed by atoms with Gasteiger partial charge in [0.1, 0.15) is 5.84 Å². The van der Waals surface area contributed by atoms with Crippen molar-refractivity contribution in [3.63, 3.8) is 0 Å². The minimum absolute atomic E-state index is 0.115. The highest BCUT2D eigenvalue weighted by atomic mass is 32.2. The van der Waals surface area contributed by atoms with E-state index in [0.29, 0.717) is 11.3 Å². The number of nitrogen functional groups attached to an aromatic ring is 1. The zero-order valence-corrected chi connectivity index (χ0v) is 13.4. The van der Waals surface area contributed by atoms with Gasteiger partial charge in [-0.05, 0) is 24.3 Å². The van der Waals surface area contributed by atoms with Gasteiger partial charge in [-0.15, -0.1) is 0 Å². The molecule has 0 fully saturated rings. The number of benzene rings is 1. The molecule has 0 aromatic heterocycles. The summed E-state index contributed by atoms with van der Waals surface area (Å²) in [5, 5.41) is 7.35. The molecule has 0 saturated heterocycles. The maximum atomic E-state index is 12.2. The molecule has 0 aliphatic carbocycles. The highest BCUT2D eigenvalue weighted by Gasteiger charge is 2.14. The third-order valence-electron chi connectivity index (χ3n) is 2.89. The van der Waals surface area contributed by atoms with Gasteiger partial charge in [-0.1, -0.05) is 31.9 Å². The highest BCUT2D eigenvalue weighted by molar-refractivity contribution is 8.00. The zero-order valence-electron chi connectivity index (χ0n) is 11.8. The number of nitrogens with one attached hydrogen (secondary N) is 1. The van der Waals surface area contributed by atoms with Crippen LogP contribution in [0.1, 0.15) is 31.7 Å². The van der Waals surface area contributed by atoms with Crippen LogP contribution in [0, 0.1) is 5.41 Å². The lowest BCUT2D eigenvalue weighted by molar-refractivity contribution is 0.597. The molecule has 0 aliphatic heterocycles. The smallest absolute Gasteiger partial charge is 0.179 e. The number of thioether (sulfide) groups is 1.